The number of hydrogen-bond donors (Lipinski definition) is 3. The Hall–Kier alpha value is -5.02. The number of carbonyl (C=O) groups is 2. The summed E-state index contributed by atoms with van der Waals surface area (Å²) >= 11 is 1.33. The van der Waals surface area contributed by atoms with Gasteiger partial charge in [-0.05, 0) is 38.5 Å². The Morgan fingerprint density at radius 1 is 1.07 bits per heavy atom. The first-order valence-electron chi connectivity index (χ1n) is 13.4. The highest BCUT2D eigenvalue weighted by Gasteiger charge is 2.29. The number of aromatic nitrogens is 5. The molecule has 13 nitrogen and oxygen atoms in total. The van der Waals surface area contributed by atoms with Gasteiger partial charge in [0, 0.05) is 24.2 Å². The summed E-state index contributed by atoms with van der Waals surface area (Å²) in [6, 6.07) is 5.84. The Balaban J connectivity index is 1.39. The number of ether oxygens (including phenoxy) is 2. The summed E-state index contributed by atoms with van der Waals surface area (Å²) in [5, 5.41) is 21.8. The van der Waals surface area contributed by atoms with E-state index in [9.17, 15) is 14.7 Å². The van der Waals surface area contributed by atoms with Gasteiger partial charge in [-0.25, -0.2) is 34.1 Å². The van der Waals surface area contributed by atoms with Crippen LogP contribution in [0.15, 0.2) is 42.9 Å². The number of hydrogen-bond acceptors (Lipinski definition) is 11. The van der Waals surface area contributed by atoms with Gasteiger partial charge >= 0.3 is 6.09 Å². The fraction of sp³-hybridized carbons (Fsp3) is 0.276. The number of halogens is 1. The molecule has 0 radical (unpaired) electrons. The zero-order chi connectivity index (χ0) is 31.5. The molecule has 2 atom stereocenters. The van der Waals surface area contributed by atoms with Gasteiger partial charge in [-0.15, -0.1) is 11.3 Å². The molecule has 3 heterocycles. The number of rotatable bonds is 10. The van der Waals surface area contributed by atoms with Gasteiger partial charge in [0.05, 0.1) is 65.3 Å². The van der Waals surface area contributed by atoms with Crippen LogP contribution in [0.5, 0.6) is 11.6 Å². The van der Waals surface area contributed by atoms with Gasteiger partial charge in [-0.2, -0.15) is 0 Å². The van der Waals surface area contributed by atoms with Crippen molar-refractivity contribution in [3.8, 4) is 22.2 Å². The van der Waals surface area contributed by atoms with Crippen molar-refractivity contribution in [3.05, 3.63) is 60.1 Å². The highest BCUT2D eigenvalue weighted by atomic mass is 32.1. The van der Waals surface area contributed by atoms with Crippen molar-refractivity contribution >= 4 is 50.3 Å². The van der Waals surface area contributed by atoms with Crippen LogP contribution < -0.4 is 19.7 Å². The second-order valence-corrected chi connectivity index (χ2v) is 10.9. The quantitative estimate of drug-likeness (QED) is 0.204. The standard InChI is InChI=1S/C29H28FN7O6S/c1-14-7-18(25-21(8-14)35-24(42-4)13-32-25)28-36-20-9-19(30)22(10-23(20)44-28)43-16(3)15(2)37(29(40)41)17-11-33-26(34-12-17)27(39)31-5-6-38/h7-13,15-16,38H,5-6H2,1-4H3,(H,31,39)(H,40,41)/t15?,16-/m0/s1. The molecule has 0 aliphatic heterocycles. The summed E-state index contributed by atoms with van der Waals surface area (Å²) in [6.45, 7) is 4.92. The maximum Gasteiger partial charge on any atom is 0.412 e. The molecule has 0 fully saturated rings. The molecule has 228 valence electrons. The smallest absolute Gasteiger partial charge is 0.412 e. The van der Waals surface area contributed by atoms with Crippen molar-refractivity contribution < 1.29 is 33.7 Å². The molecule has 0 saturated heterocycles. The monoisotopic (exact) mass is 621 g/mol. The Kier molecular flexibility index (Phi) is 8.78. The second-order valence-electron chi connectivity index (χ2n) is 9.82. The molecule has 5 aromatic rings. The summed E-state index contributed by atoms with van der Waals surface area (Å²) in [5.41, 5.74) is 3.49. The van der Waals surface area contributed by atoms with Crippen molar-refractivity contribution in [3.63, 3.8) is 0 Å². The number of carbonyl (C=O) groups excluding carboxylic acids is 1. The SMILES string of the molecule is COc1cnc2c(-c3nc4cc(F)c(O[C@@H](C)C(C)N(C(=O)O)c5cnc(C(=O)NCCO)nc5)cc4s3)cc(C)cc2n1. The first kappa shape index (κ1) is 30.4. The van der Waals surface area contributed by atoms with Crippen LogP contribution in [0, 0.1) is 12.7 Å². The molecule has 15 heteroatoms. The number of nitrogens with one attached hydrogen (secondary N) is 1. The van der Waals surface area contributed by atoms with E-state index in [1.165, 1.54) is 49.2 Å². The zero-order valence-electron chi connectivity index (χ0n) is 24.1. The molecule has 0 aliphatic rings. The van der Waals surface area contributed by atoms with Gasteiger partial charge < -0.3 is 25.0 Å². The fourth-order valence-corrected chi connectivity index (χ4v) is 5.48. The lowest BCUT2D eigenvalue weighted by atomic mass is 10.1. The molecule has 2 aromatic carbocycles. The Bertz CT molecular complexity index is 1850. The van der Waals surface area contributed by atoms with Crippen molar-refractivity contribution in [2.45, 2.75) is 32.9 Å². The summed E-state index contributed by atoms with van der Waals surface area (Å²) in [5.74, 6) is -1.14. The second kappa shape index (κ2) is 12.7. The number of thiazole rings is 1. The highest BCUT2D eigenvalue weighted by molar-refractivity contribution is 7.21. The van der Waals surface area contributed by atoms with Crippen molar-refractivity contribution in [1.29, 1.82) is 0 Å². The van der Waals surface area contributed by atoms with Crippen molar-refractivity contribution in [1.82, 2.24) is 30.2 Å². The third-order valence-corrected chi connectivity index (χ3v) is 7.82. The first-order chi connectivity index (χ1) is 21.1. The molecule has 0 saturated carbocycles. The van der Waals surface area contributed by atoms with Gasteiger partial charge in [0.1, 0.15) is 11.1 Å². The Morgan fingerprint density at radius 3 is 2.50 bits per heavy atom. The summed E-state index contributed by atoms with van der Waals surface area (Å²) in [6.07, 6.45) is 1.78. The minimum Gasteiger partial charge on any atom is -0.485 e. The molecule has 3 N–H and O–H groups in total. The maximum absolute atomic E-state index is 15.2. The Labute approximate surface area is 254 Å². The van der Waals surface area contributed by atoms with Crippen LogP contribution in [-0.4, -0.2) is 79.5 Å². The number of nitrogens with zero attached hydrogens (tertiary/aromatic N) is 6. The van der Waals surface area contributed by atoms with E-state index in [0.29, 0.717) is 32.1 Å². The number of aryl methyl sites for hydroxylation is 1. The molecule has 2 amide bonds. The predicted molar refractivity (Wildman–Crippen MR) is 161 cm³/mol. The number of methoxy groups -OCH3 is 1. The summed E-state index contributed by atoms with van der Waals surface area (Å²) in [4.78, 5) is 46.7. The summed E-state index contributed by atoms with van der Waals surface area (Å²) in [7, 11) is 1.52. The number of aliphatic hydroxyl groups excluding tert-OH is 1. The van der Waals surface area contributed by atoms with Crippen molar-refractivity contribution in [2.24, 2.45) is 0 Å². The van der Waals surface area contributed by atoms with Crippen LogP contribution in [-0.2, 0) is 0 Å². The molecule has 0 bridgehead atoms. The molecule has 5 rings (SSSR count). The number of amides is 2. The maximum atomic E-state index is 15.2. The van der Waals surface area contributed by atoms with Gasteiger partial charge in [-0.1, -0.05) is 0 Å². The molecular weight excluding hydrogens is 593 g/mol. The van der Waals surface area contributed by atoms with E-state index in [4.69, 9.17) is 14.6 Å². The number of benzene rings is 2. The van der Waals surface area contributed by atoms with Crippen LogP contribution in [0.3, 0.4) is 0 Å². The topological polar surface area (TPSA) is 173 Å². The molecule has 0 aliphatic carbocycles. The van der Waals surface area contributed by atoms with Gasteiger partial charge in [0.15, 0.2) is 11.6 Å². The van der Waals surface area contributed by atoms with Crippen LogP contribution >= 0.6 is 11.3 Å². The average Bonchev–Trinajstić information content (AvgIpc) is 3.41. The molecule has 1 unspecified atom stereocenters. The van der Waals surface area contributed by atoms with Crippen LogP contribution in [0.2, 0.25) is 0 Å². The molecule has 0 spiro atoms. The predicted octanol–water partition coefficient (Wildman–Crippen LogP) is 4.22. The first-order valence-corrected chi connectivity index (χ1v) is 14.2. The van der Waals surface area contributed by atoms with Gasteiger partial charge in [0.2, 0.25) is 11.7 Å². The number of aliphatic hydroxyl groups is 1. The number of carboxylic acid groups (broad SMARTS) is 1. The molecular formula is C29H28FN7O6S. The molecule has 3 aromatic heterocycles. The van der Waals surface area contributed by atoms with Gasteiger partial charge in [-0.3, -0.25) is 9.69 Å². The van der Waals surface area contributed by atoms with E-state index in [-0.39, 0.29) is 30.4 Å². The van der Waals surface area contributed by atoms with E-state index in [0.717, 1.165) is 16.0 Å². The minimum absolute atomic E-state index is 0.0233. The van der Waals surface area contributed by atoms with Crippen molar-refractivity contribution in [2.75, 3.05) is 25.2 Å². The molecule has 44 heavy (non-hydrogen) atoms. The van der Waals surface area contributed by atoms with Crippen LogP contribution in [0.1, 0.15) is 30.0 Å². The fourth-order valence-electron chi connectivity index (χ4n) is 4.48. The van der Waals surface area contributed by atoms with E-state index < -0.39 is 30.0 Å². The largest absolute Gasteiger partial charge is 0.485 e. The third-order valence-electron chi connectivity index (χ3n) is 6.77. The van der Waals surface area contributed by atoms with E-state index in [1.807, 2.05) is 19.1 Å². The lowest BCUT2D eigenvalue weighted by molar-refractivity contribution is 0.0934. The van der Waals surface area contributed by atoms with Crippen LogP contribution in [0.25, 0.3) is 31.8 Å². The number of fused-ring (bicyclic) bond motifs is 2. The Morgan fingerprint density at radius 2 is 1.82 bits per heavy atom. The van der Waals surface area contributed by atoms with Crippen LogP contribution in [0.4, 0.5) is 14.9 Å². The normalized spacial score (nSPS) is 12.6. The van der Waals surface area contributed by atoms with E-state index >= 15 is 4.39 Å². The lowest BCUT2D eigenvalue weighted by Gasteiger charge is -2.30. The average molecular weight is 622 g/mol. The minimum atomic E-state index is -1.32. The summed E-state index contributed by atoms with van der Waals surface area (Å²) < 4.78 is 27.0. The van der Waals surface area contributed by atoms with E-state index in [2.05, 4.69) is 30.2 Å². The lowest BCUT2D eigenvalue weighted by Crippen LogP contribution is -2.46. The zero-order valence-corrected chi connectivity index (χ0v) is 24.9. The third kappa shape index (κ3) is 6.18. The number of anilines is 1. The van der Waals surface area contributed by atoms with Gasteiger partial charge in [0.25, 0.3) is 5.91 Å². The van der Waals surface area contributed by atoms with E-state index in [1.54, 1.807) is 13.8 Å². The highest BCUT2D eigenvalue weighted by Crippen LogP contribution is 2.37.